The molecule has 10 nitrogen and oxygen atoms in total. The van der Waals surface area contributed by atoms with Crippen molar-refractivity contribution >= 4 is 37.5 Å². The van der Waals surface area contributed by atoms with Gasteiger partial charge in [-0.05, 0) is 56.3 Å². The molecule has 0 aromatic heterocycles. The molecule has 0 saturated carbocycles. The van der Waals surface area contributed by atoms with Crippen LogP contribution in [0.15, 0.2) is 47.4 Å². The van der Waals surface area contributed by atoms with Gasteiger partial charge in [0.25, 0.3) is 10.0 Å². The molecule has 1 unspecified atom stereocenters. The largest absolute Gasteiger partial charge is 0.484 e. The molecular formula is C19H22FN3O7S2. The molecular weight excluding hydrogens is 465 g/mol. The number of rotatable bonds is 6. The van der Waals surface area contributed by atoms with Gasteiger partial charge >= 0.3 is 6.09 Å². The maximum atomic E-state index is 13.4. The summed E-state index contributed by atoms with van der Waals surface area (Å²) in [5.41, 5.74) is -1.06. The van der Waals surface area contributed by atoms with Crippen LogP contribution in [0.25, 0.3) is 0 Å². The van der Waals surface area contributed by atoms with Crippen molar-refractivity contribution in [2.24, 2.45) is 0 Å². The summed E-state index contributed by atoms with van der Waals surface area (Å²) in [6.45, 7) is 2.80. The van der Waals surface area contributed by atoms with Gasteiger partial charge in [0.1, 0.15) is 17.7 Å². The maximum Gasteiger partial charge on any atom is 0.409 e. The SMILES string of the molecule is CC(C)(NS(C)(=O)=O)C1CN(S(=O)(=O)c2ccc(F)cc2)c2cc(NC(=O)O)ccc2O1. The van der Waals surface area contributed by atoms with E-state index in [1.54, 1.807) is 13.8 Å². The Morgan fingerprint density at radius 1 is 1.16 bits per heavy atom. The zero-order valence-corrected chi connectivity index (χ0v) is 19.0. The smallest absolute Gasteiger partial charge is 0.409 e. The monoisotopic (exact) mass is 487 g/mol. The first-order chi connectivity index (χ1) is 14.7. The lowest BCUT2D eigenvalue weighted by Crippen LogP contribution is -2.60. The van der Waals surface area contributed by atoms with Gasteiger partial charge in [0, 0.05) is 5.69 Å². The van der Waals surface area contributed by atoms with E-state index in [0.717, 1.165) is 34.8 Å². The fourth-order valence-electron chi connectivity index (χ4n) is 3.33. The third-order valence-corrected chi connectivity index (χ3v) is 7.43. The summed E-state index contributed by atoms with van der Waals surface area (Å²) in [5.74, 6) is -0.512. The molecule has 2 aromatic carbocycles. The molecule has 1 amide bonds. The number of fused-ring (bicyclic) bond motifs is 1. The minimum atomic E-state index is -4.24. The van der Waals surface area contributed by atoms with Crippen molar-refractivity contribution in [1.29, 1.82) is 0 Å². The lowest BCUT2D eigenvalue weighted by Gasteiger charge is -2.42. The summed E-state index contributed by atoms with van der Waals surface area (Å²) in [6, 6.07) is 8.28. The summed E-state index contributed by atoms with van der Waals surface area (Å²) in [7, 11) is -7.89. The Balaban J connectivity index is 2.12. The minimum Gasteiger partial charge on any atom is -0.484 e. The van der Waals surface area contributed by atoms with Crippen LogP contribution in [0.3, 0.4) is 0 Å². The van der Waals surface area contributed by atoms with Crippen LogP contribution < -0.4 is 19.1 Å². The molecule has 1 aliphatic heterocycles. The molecule has 0 radical (unpaired) electrons. The third kappa shape index (κ3) is 5.11. The molecule has 3 rings (SSSR count). The third-order valence-electron chi connectivity index (χ3n) is 4.73. The van der Waals surface area contributed by atoms with Crippen molar-refractivity contribution in [1.82, 2.24) is 4.72 Å². The summed E-state index contributed by atoms with van der Waals surface area (Å²) in [4.78, 5) is 10.8. The number of carbonyl (C=O) groups is 1. The van der Waals surface area contributed by atoms with E-state index in [2.05, 4.69) is 10.0 Å². The first kappa shape index (κ1) is 23.8. The van der Waals surface area contributed by atoms with Crippen LogP contribution in [0.2, 0.25) is 0 Å². The number of hydrogen-bond acceptors (Lipinski definition) is 6. The summed E-state index contributed by atoms with van der Waals surface area (Å²) in [6.07, 6.45) is -1.31. The number of hydrogen-bond donors (Lipinski definition) is 3. The highest BCUT2D eigenvalue weighted by atomic mass is 32.2. The highest BCUT2D eigenvalue weighted by Gasteiger charge is 2.42. The van der Waals surface area contributed by atoms with Crippen LogP contribution in [-0.4, -0.2) is 52.5 Å². The Morgan fingerprint density at radius 2 is 1.78 bits per heavy atom. The first-order valence-electron chi connectivity index (χ1n) is 9.27. The Labute approximate surface area is 185 Å². The Bertz CT molecular complexity index is 1250. The van der Waals surface area contributed by atoms with Crippen LogP contribution in [0.4, 0.5) is 20.6 Å². The number of benzene rings is 2. The van der Waals surface area contributed by atoms with E-state index in [1.165, 1.54) is 18.2 Å². The zero-order chi connectivity index (χ0) is 23.9. The second-order valence-electron chi connectivity index (χ2n) is 7.81. The molecule has 32 heavy (non-hydrogen) atoms. The average Bonchev–Trinajstić information content (AvgIpc) is 2.65. The van der Waals surface area contributed by atoms with Crippen LogP contribution in [0, 0.1) is 5.82 Å². The molecule has 1 atom stereocenters. The second kappa shape index (κ2) is 8.22. The Morgan fingerprint density at radius 3 is 2.34 bits per heavy atom. The van der Waals surface area contributed by atoms with Gasteiger partial charge in [0.05, 0.1) is 28.9 Å². The molecule has 0 saturated heterocycles. The van der Waals surface area contributed by atoms with Crippen molar-refractivity contribution < 1.29 is 35.9 Å². The minimum absolute atomic E-state index is 0.0481. The molecule has 13 heteroatoms. The molecule has 0 spiro atoms. The van der Waals surface area contributed by atoms with Gasteiger partial charge in [-0.3, -0.25) is 9.62 Å². The first-order valence-corrected chi connectivity index (χ1v) is 12.6. The van der Waals surface area contributed by atoms with Crippen molar-refractivity contribution in [3.05, 3.63) is 48.3 Å². The highest BCUT2D eigenvalue weighted by Crippen LogP contribution is 2.40. The van der Waals surface area contributed by atoms with Gasteiger partial charge in [-0.2, -0.15) is 0 Å². The lowest BCUT2D eigenvalue weighted by molar-refractivity contribution is 0.119. The molecule has 0 bridgehead atoms. The number of nitrogens with zero attached hydrogens (tertiary/aromatic N) is 1. The van der Waals surface area contributed by atoms with Crippen molar-refractivity contribution in [2.75, 3.05) is 22.4 Å². The van der Waals surface area contributed by atoms with Crippen LogP contribution in [0.1, 0.15) is 13.8 Å². The number of sulfonamides is 2. The molecule has 0 aliphatic carbocycles. The predicted molar refractivity (Wildman–Crippen MR) is 115 cm³/mol. The van der Waals surface area contributed by atoms with E-state index >= 15 is 0 Å². The van der Waals surface area contributed by atoms with Crippen LogP contribution >= 0.6 is 0 Å². The number of amides is 1. The fourth-order valence-corrected chi connectivity index (χ4v) is 5.89. The van der Waals surface area contributed by atoms with Gasteiger partial charge < -0.3 is 9.84 Å². The Hall–Kier alpha value is -2.90. The average molecular weight is 488 g/mol. The normalized spacial score (nSPS) is 16.8. The number of nitrogens with one attached hydrogen (secondary N) is 2. The lowest BCUT2D eigenvalue weighted by atomic mass is 9.97. The number of anilines is 2. The molecule has 3 N–H and O–H groups in total. The molecule has 0 fully saturated rings. The number of carboxylic acid groups (broad SMARTS) is 1. The molecule has 1 heterocycles. The summed E-state index contributed by atoms with van der Waals surface area (Å²) in [5, 5.41) is 11.1. The van der Waals surface area contributed by atoms with E-state index in [9.17, 15) is 26.0 Å². The van der Waals surface area contributed by atoms with Crippen LogP contribution in [-0.2, 0) is 20.0 Å². The van der Waals surface area contributed by atoms with Crippen molar-refractivity contribution in [2.45, 2.75) is 30.4 Å². The van der Waals surface area contributed by atoms with Gasteiger partial charge in [-0.25, -0.2) is 30.7 Å². The van der Waals surface area contributed by atoms with Gasteiger partial charge in [-0.15, -0.1) is 0 Å². The quantitative estimate of drug-likeness (QED) is 0.567. The van der Waals surface area contributed by atoms with Crippen molar-refractivity contribution in [3.63, 3.8) is 0 Å². The topological polar surface area (TPSA) is 142 Å². The molecule has 174 valence electrons. The van der Waals surface area contributed by atoms with Gasteiger partial charge in [0.15, 0.2) is 0 Å². The number of ether oxygens (including phenoxy) is 1. The zero-order valence-electron chi connectivity index (χ0n) is 17.4. The predicted octanol–water partition coefficient (Wildman–Crippen LogP) is 2.20. The molecule has 2 aromatic rings. The molecule has 1 aliphatic rings. The standard InChI is InChI=1S/C19H22FN3O7S2/c1-19(2,22-31(3,26)27)17-11-23(32(28,29)14-7-4-12(20)5-8-14)15-10-13(21-18(24)25)6-9-16(15)30-17/h4-10,17,21-22H,11H2,1-3H3,(H,24,25). The second-order valence-corrected chi connectivity index (χ2v) is 11.4. The van der Waals surface area contributed by atoms with Gasteiger partial charge in [-0.1, -0.05) is 0 Å². The Kier molecular flexibility index (Phi) is 6.10. The van der Waals surface area contributed by atoms with Crippen molar-refractivity contribution in [3.8, 4) is 5.75 Å². The van der Waals surface area contributed by atoms with Gasteiger partial charge in [0.2, 0.25) is 10.0 Å². The fraction of sp³-hybridized carbons (Fsp3) is 0.316. The van der Waals surface area contributed by atoms with E-state index in [-0.39, 0.29) is 28.6 Å². The summed E-state index contributed by atoms with van der Waals surface area (Å²) < 4.78 is 73.2. The summed E-state index contributed by atoms with van der Waals surface area (Å²) >= 11 is 0. The maximum absolute atomic E-state index is 13.4. The van der Waals surface area contributed by atoms with E-state index in [0.29, 0.717) is 0 Å². The highest BCUT2D eigenvalue weighted by molar-refractivity contribution is 7.92. The van der Waals surface area contributed by atoms with E-state index in [1.807, 2.05) is 0 Å². The van der Waals surface area contributed by atoms with E-state index < -0.39 is 43.6 Å². The van der Waals surface area contributed by atoms with E-state index in [4.69, 9.17) is 9.84 Å². The number of halogens is 1. The van der Waals surface area contributed by atoms with Crippen LogP contribution in [0.5, 0.6) is 5.75 Å².